The molecule has 2 heterocycles. The zero-order valence-electron chi connectivity index (χ0n) is 16.7. The zero-order chi connectivity index (χ0) is 21.1. The van der Waals surface area contributed by atoms with Crippen LogP contribution in [0.1, 0.15) is 17.3 Å². The van der Waals surface area contributed by atoms with Crippen LogP contribution in [0.3, 0.4) is 0 Å². The van der Waals surface area contributed by atoms with E-state index < -0.39 is 0 Å². The van der Waals surface area contributed by atoms with Gasteiger partial charge < -0.3 is 18.6 Å². The summed E-state index contributed by atoms with van der Waals surface area (Å²) >= 11 is 1.32. The minimum absolute atomic E-state index is 0.289. The van der Waals surface area contributed by atoms with Crippen molar-refractivity contribution in [3.63, 3.8) is 0 Å². The van der Waals surface area contributed by atoms with E-state index in [0.29, 0.717) is 40.3 Å². The molecule has 0 saturated heterocycles. The van der Waals surface area contributed by atoms with Crippen LogP contribution in [0.5, 0.6) is 17.2 Å². The number of furan rings is 1. The Morgan fingerprint density at radius 1 is 1.10 bits per heavy atom. The second kappa shape index (κ2) is 8.46. The van der Waals surface area contributed by atoms with Crippen molar-refractivity contribution >= 4 is 33.3 Å². The molecule has 7 nitrogen and oxygen atoms in total. The van der Waals surface area contributed by atoms with Crippen molar-refractivity contribution in [1.82, 2.24) is 4.98 Å². The van der Waals surface area contributed by atoms with E-state index in [0.717, 1.165) is 16.7 Å². The number of carbonyl (C=O) groups excluding carboxylic acids is 1. The number of nitrogens with one attached hydrogen (secondary N) is 1. The lowest BCUT2D eigenvalue weighted by molar-refractivity contribution is 0.102. The molecule has 154 valence electrons. The number of fused-ring (bicyclic) bond motifs is 1. The maximum atomic E-state index is 12.6. The Bertz CT molecular complexity index is 1200. The number of amides is 1. The molecule has 0 unspecified atom stereocenters. The topological polar surface area (TPSA) is 82.8 Å². The summed E-state index contributed by atoms with van der Waals surface area (Å²) in [6.07, 6.45) is 0. The number of hydrogen-bond acceptors (Lipinski definition) is 7. The molecule has 0 aliphatic rings. The zero-order valence-corrected chi connectivity index (χ0v) is 17.5. The van der Waals surface area contributed by atoms with Crippen LogP contribution in [-0.4, -0.2) is 31.7 Å². The van der Waals surface area contributed by atoms with E-state index in [1.165, 1.54) is 18.4 Å². The Kier molecular flexibility index (Phi) is 5.58. The average molecular weight is 424 g/mol. The lowest BCUT2D eigenvalue weighted by Crippen LogP contribution is -2.11. The third kappa shape index (κ3) is 3.95. The lowest BCUT2D eigenvalue weighted by Gasteiger charge is -2.09. The normalized spacial score (nSPS) is 10.8. The lowest BCUT2D eigenvalue weighted by atomic mass is 10.2. The van der Waals surface area contributed by atoms with Gasteiger partial charge >= 0.3 is 0 Å². The standard InChI is InChI=1S/C22H20N2O5S/c1-4-28-15-6-8-17-14(9-15)11-19(29-17)16-12-30-22(23-16)24-21(25)13-5-7-18(26-2)20(10-13)27-3/h5-12H,4H2,1-3H3,(H,23,24,25). The molecule has 1 amide bonds. The van der Waals surface area contributed by atoms with E-state index in [1.54, 1.807) is 25.3 Å². The molecule has 0 aliphatic heterocycles. The van der Waals surface area contributed by atoms with Gasteiger partial charge in [-0.25, -0.2) is 4.98 Å². The van der Waals surface area contributed by atoms with Crippen molar-refractivity contribution in [2.24, 2.45) is 0 Å². The Morgan fingerprint density at radius 2 is 1.93 bits per heavy atom. The van der Waals surface area contributed by atoms with Crippen molar-refractivity contribution in [1.29, 1.82) is 0 Å². The summed E-state index contributed by atoms with van der Waals surface area (Å²) < 4.78 is 21.9. The van der Waals surface area contributed by atoms with Gasteiger partial charge in [0.15, 0.2) is 22.4 Å². The van der Waals surface area contributed by atoms with Crippen LogP contribution < -0.4 is 19.5 Å². The summed E-state index contributed by atoms with van der Waals surface area (Å²) in [5, 5.41) is 6.05. The summed E-state index contributed by atoms with van der Waals surface area (Å²) in [7, 11) is 3.07. The highest BCUT2D eigenvalue weighted by Crippen LogP contribution is 2.32. The average Bonchev–Trinajstić information content (AvgIpc) is 3.39. The third-order valence-corrected chi connectivity index (χ3v) is 5.18. The molecule has 0 spiro atoms. The molecule has 1 N–H and O–H groups in total. The van der Waals surface area contributed by atoms with E-state index in [2.05, 4.69) is 10.3 Å². The smallest absolute Gasteiger partial charge is 0.257 e. The van der Waals surface area contributed by atoms with Gasteiger partial charge in [-0.15, -0.1) is 11.3 Å². The van der Waals surface area contributed by atoms with Gasteiger partial charge in [0.25, 0.3) is 5.91 Å². The first-order valence-electron chi connectivity index (χ1n) is 9.27. The number of anilines is 1. The highest BCUT2D eigenvalue weighted by Gasteiger charge is 2.15. The second-order valence-electron chi connectivity index (χ2n) is 6.31. The molecule has 0 fully saturated rings. The highest BCUT2D eigenvalue weighted by atomic mass is 32.1. The molecule has 0 bridgehead atoms. The van der Waals surface area contributed by atoms with Crippen LogP contribution in [0, 0.1) is 0 Å². The highest BCUT2D eigenvalue weighted by molar-refractivity contribution is 7.14. The monoisotopic (exact) mass is 424 g/mol. The van der Waals surface area contributed by atoms with E-state index in [1.807, 2.05) is 36.6 Å². The van der Waals surface area contributed by atoms with E-state index >= 15 is 0 Å². The first-order valence-corrected chi connectivity index (χ1v) is 10.1. The summed E-state index contributed by atoms with van der Waals surface area (Å²) in [6.45, 7) is 2.55. The van der Waals surface area contributed by atoms with Crippen molar-refractivity contribution in [2.75, 3.05) is 26.1 Å². The molecule has 0 radical (unpaired) electrons. The van der Waals surface area contributed by atoms with Gasteiger partial charge in [-0.1, -0.05) is 0 Å². The van der Waals surface area contributed by atoms with Crippen molar-refractivity contribution in [2.45, 2.75) is 6.92 Å². The predicted octanol–water partition coefficient (Wildman–Crippen LogP) is 5.22. The number of rotatable bonds is 7. The van der Waals surface area contributed by atoms with Crippen molar-refractivity contribution in [3.05, 3.63) is 53.4 Å². The maximum absolute atomic E-state index is 12.6. The minimum atomic E-state index is -0.289. The first-order chi connectivity index (χ1) is 14.6. The summed E-state index contributed by atoms with van der Waals surface area (Å²) in [5.41, 5.74) is 1.84. The Hall–Kier alpha value is -3.52. The fraction of sp³-hybridized carbons (Fsp3) is 0.182. The van der Waals surface area contributed by atoms with Gasteiger partial charge in [0, 0.05) is 16.3 Å². The maximum Gasteiger partial charge on any atom is 0.257 e. The van der Waals surface area contributed by atoms with E-state index in [-0.39, 0.29) is 5.91 Å². The van der Waals surface area contributed by atoms with Crippen LogP contribution in [-0.2, 0) is 0 Å². The molecule has 4 aromatic rings. The molecule has 2 aromatic heterocycles. The number of hydrogen-bond donors (Lipinski definition) is 1. The first kappa shape index (κ1) is 19.8. The second-order valence-corrected chi connectivity index (χ2v) is 7.16. The van der Waals surface area contributed by atoms with E-state index in [4.69, 9.17) is 18.6 Å². The van der Waals surface area contributed by atoms with E-state index in [9.17, 15) is 4.79 Å². The number of benzene rings is 2. The third-order valence-electron chi connectivity index (χ3n) is 4.42. The van der Waals surface area contributed by atoms with Gasteiger partial charge in [0.05, 0.1) is 20.8 Å². The largest absolute Gasteiger partial charge is 0.494 e. The molecule has 0 aliphatic carbocycles. The molecule has 2 aromatic carbocycles. The molecule has 4 rings (SSSR count). The van der Waals surface area contributed by atoms with Crippen LogP contribution in [0.25, 0.3) is 22.4 Å². The van der Waals surface area contributed by atoms with Gasteiger partial charge in [0.1, 0.15) is 17.0 Å². The Balaban J connectivity index is 1.53. The predicted molar refractivity (Wildman–Crippen MR) is 116 cm³/mol. The fourth-order valence-corrected chi connectivity index (χ4v) is 3.69. The number of aromatic nitrogens is 1. The Morgan fingerprint density at radius 3 is 2.70 bits per heavy atom. The molecular weight excluding hydrogens is 404 g/mol. The summed E-state index contributed by atoms with van der Waals surface area (Å²) in [4.78, 5) is 17.1. The van der Waals surface area contributed by atoms with Crippen molar-refractivity contribution in [3.8, 4) is 28.7 Å². The summed E-state index contributed by atoms with van der Waals surface area (Å²) in [6, 6.07) is 12.6. The quantitative estimate of drug-likeness (QED) is 0.438. The summed E-state index contributed by atoms with van der Waals surface area (Å²) in [5.74, 6) is 2.17. The van der Waals surface area contributed by atoms with Gasteiger partial charge in [-0.05, 0) is 49.4 Å². The number of carbonyl (C=O) groups is 1. The SMILES string of the molecule is CCOc1ccc2oc(-c3csc(NC(=O)c4ccc(OC)c(OC)c4)n3)cc2c1. The van der Waals surface area contributed by atoms with Crippen LogP contribution >= 0.6 is 11.3 Å². The van der Waals surface area contributed by atoms with Crippen LogP contribution in [0.4, 0.5) is 5.13 Å². The van der Waals surface area contributed by atoms with Gasteiger partial charge in [0.2, 0.25) is 0 Å². The molecule has 0 atom stereocenters. The molecule has 0 saturated carbocycles. The fourth-order valence-electron chi connectivity index (χ4n) is 3.00. The molecule has 8 heteroatoms. The number of thiazole rings is 1. The molecule has 30 heavy (non-hydrogen) atoms. The van der Waals surface area contributed by atoms with Gasteiger partial charge in [-0.3, -0.25) is 10.1 Å². The van der Waals surface area contributed by atoms with Crippen LogP contribution in [0.15, 0.2) is 52.3 Å². The number of methoxy groups -OCH3 is 2. The minimum Gasteiger partial charge on any atom is -0.494 e. The van der Waals surface area contributed by atoms with Crippen molar-refractivity contribution < 1.29 is 23.4 Å². The van der Waals surface area contributed by atoms with Crippen LogP contribution in [0.2, 0.25) is 0 Å². The number of nitrogens with zero attached hydrogens (tertiary/aromatic N) is 1. The molecular formula is C22H20N2O5S. The van der Waals surface area contributed by atoms with Gasteiger partial charge in [-0.2, -0.15) is 0 Å². The Labute approximate surface area is 177 Å². The number of ether oxygens (including phenoxy) is 3.